The number of nitrogens with zero attached hydrogens (tertiary/aromatic N) is 1. The lowest BCUT2D eigenvalue weighted by Gasteiger charge is -2.32. The predicted octanol–water partition coefficient (Wildman–Crippen LogP) is 3.63. The van der Waals surface area contributed by atoms with Crippen molar-refractivity contribution in [3.63, 3.8) is 0 Å². The Morgan fingerprint density at radius 3 is 2.59 bits per heavy atom. The molecule has 1 aliphatic rings. The third-order valence-corrected chi connectivity index (χ3v) is 4.46. The molecule has 0 spiro atoms. The molecule has 0 fully saturated rings. The highest BCUT2D eigenvalue weighted by molar-refractivity contribution is 6.00. The number of benzene rings is 2. The predicted molar refractivity (Wildman–Crippen MR) is 111 cm³/mol. The van der Waals surface area contributed by atoms with Gasteiger partial charge in [-0.15, -0.1) is 0 Å². The van der Waals surface area contributed by atoms with Crippen molar-refractivity contribution in [1.29, 1.82) is 0 Å². The van der Waals surface area contributed by atoms with E-state index < -0.39 is 6.10 Å². The van der Waals surface area contributed by atoms with Gasteiger partial charge in [0.25, 0.3) is 5.91 Å². The van der Waals surface area contributed by atoms with Crippen LogP contribution in [-0.4, -0.2) is 37.7 Å². The molecule has 1 N–H and O–H groups in total. The molecule has 0 aromatic heterocycles. The monoisotopic (exact) mass is 398 g/mol. The molecule has 3 rings (SSSR count). The molecule has 0 bridgehead atoms. The summed E-state index contributed by atoms with van der Waals surface area (Å²) >= 11 is 0. The summed E-state index contributed by atoms with van der Waals surface area (Å²) in [6.07, 6.45) is -0.419. The largest absolute Gasteiger partial charge is 0.490 e. The van der Waals surface area contributed by atoms with Crippen molar-refractivity contribution < 1.29 is 23.8 Å². The summed E-state index contributed by atoms with van der Waals surface area (Å²) in [6, 6.07) is 12.6. The molecule has 1 aliphatic heterocycles. The Labute approximate surface area is 170 Å². The van der Waals surface area contributed by atoms with E-state index in [1.807, 2.05) is 38.1 Å². The minimum Gasteiger partial charge on any atom is -0.490 e. The number of carbonyl (C=O) groups excluding carboxylic acids is 2. The quantitative estimate of drug-likeness (QED) is 0.735. The topological polar surface area (TPSA) is 77.1 Å². The molecule has 0 saturated heterocycles. The van der Waals surface area contributed by atoms with Crippen LogP contribution in [0, 0.1) is 0 Å². The minimum absolute atomic E-state index is 0.156. The number of carbonyl (C=O) groups is 2. The fraction of sp³-hybridized carbons (Fsp3) is 0.364. The summed E-state index contributed by atoms with van der Waals surface area (Å²) in [6.45, 7) is 6.79. The summed E-state index contributed by atoms with van der Waals surface area (Å²) < 4.78 is 16.8. The van der Waals surface area contributed by atoms with Crippen LogP contribution in [-0.2, 0) is 9.59 Å². The van der Waals surface area contributed by atoms with Gasteiger partial charge in [-0.1, -0.05) is 12.1 Å². The smallest absolute Gasteiger partial charge is 0.267 e. The SMILES string of the molecule is CCOc1ccc(NC(=O)CCN2C(=O)C(C)Oc3ccccc32)cc1OCC. The number of ether oxygens (including phenoxy) is 3. The molecule has 2 aromatic rings. The first-order chi connectivity index (χ1) is 14.0. The minimum atomic E-state index is -0.576. The van der Waals surface area contributed by atoms with Crippen LogP contribution in [0.4, 0.5) is 11.4 Å². The lowest BCUT2D eigenvalue weighted by molar-refractivity contribution is -0.125. The van der Waals surface area contributed by atoms with Gasteiger partial charge in [-0.25, -0.2) is 0 Å². The van der Waals surface area contributed by atoms with Crippen LogP contribution in [0.3, 0.4) is 0 Å². The number of nitrogens with one attached hydrogen (secondary N) is 1. The van der Waals surface area contributed by atoms with Gasteiger partial charge in [-0.2, -0.15) is 0 Å². The Bertz CT molecular complexity index is 883. The normalized spacial score (nSPS) is 15.3. The van der Waals surface area contributed by atoms with Crippen LogP contribution in [0.25, 0.3) is 0 Å². The molecule has 0 radical (unpaired) electrons. The number of hydrogen-bond donors (Lipinski definition) is 1. The van der Waals surface area contributed by atoms with E-state index in [0.717, 1.165) is 0 Å². The van der Waals surface area contributed by atoms with Crippen LogP contribution in [0.5, 0.6) is 17.2 Å². The summed E-state index contributed by atoms with van der Waals surface area (Å²) in [7, 11) is 0. The number of para-hydroxylation sites is 2. The summed E-state index contributed by atoms with van der Waals surface area (Å²) in [5.74, 6) is 1.51. The molecule has 7 nitrogen and oxygen atoms in total. The fourth-order valence-corrected chi connectivity index (χ4v) is 3.16. The van der Waals surface area contributed by atoms with E-state index in [9.17, 15) is 9.59 Å². The molecule has 29 heavy (non-hydrogen) atoms. The summed E-state index contributed by atoms with van der Waals surface area (Å²) in [5.41, 5.74) is 1.30. The van der Waals surface area contributed by atoms with Crippen molar-refractivity contribution in [3.05, 3.63) is 42.5 Å². The Morgan fingerprint density at radius 2 is 1.83 bits per heavy atom. The highest BCUT2D eigenvalue weighted by Gasteiger charge is 2.31. The molecule has 1 unspecified atom stereocenters. The second kappa shape index (κ2) is 9.32. The Kier molecular flexibility index (Phi) is 6.59. The summed E-state index contributed by atoms with van der Waals surface area (Å²) in [4.78, 5) is 26.6. The second-order valence-corrected chi connectivity index (χ2v) is 6.54. The van der Waals surface area contributed by atoms with Crippen molar-refractivity contribution in [1.82, 2.24) is 0 Å². The van der Waals surface area contributed by atoms with E-state index in [-0.39, 0.29) is 24.8 Å². The van der Waals surface area contributed by atoms with Crippen LogP contribution < -0.4 is 24.4 Å². The molecule has 0 aliphatic carbocycles. The molecule has 0 saturated carbocycles. The first-order valence-electron chi connectivity index (χ1n) is 9.80. The first-order valence-corrected chi connectivity index (χ1v) is 9.80. The molecular formula is C22H26N2O5. The number of rotatable bonds is 8. The molecule has 154 valence electrons. The number of amides is 2. The van der Waals surface area contributed by atoms with Gasteiger partial charge >= 0.3 is 0 Å². The average molecular weight is 398 g/mol. The van der Waals surface area contributed by atoms with Gasteiger partial charge in [0, 0.05) is 24.7 Å². The van der Waals surface area contributed by atoms with E-state index in [4.69, 9.17) is 14.2 Å². The molecule has 7 heteroatoms. The van der Waals surface area contributed by atoms with Gasteiger partial charge in [0.15, 0.2) is 17.6 Å². The molecular weight excluding hydrogens is 372 g/mol. The Morgan fingerprint density at radius 1 is 1.10 bits per heavy atom. The van der Waals surface area contributed by atoms with Gasteiger partial charge in [0.2, 0.25) is 5.91 Å². The molecule has 2 amide bonds. The lowest BCUT2D eigenvalue weighted by Crippen LogP contribution is -2.45. The van der Waals surface area contributed by atoms with Crippen molar-refractivity contribution in [3.8, 4) is 17.2 Å². The van der Waals surface area contributed by atoms with Gasteiger partial charge in [0.1, 0.15) is 5.75 Å². The van der Waals surface area contributed by atoms with E-state index in [2.05, 4.69) is 5.32 Å². The van der Waals surface area contributed by atoms with E-state index >= 15 is 0 Å². The van der Waals surface area contributed by atoms with Gasteiger partial charge in [0.05, 0.1) is 18.9 Å². The lowest BCUT2D eigenvalue weighted by atomic mass is 10.1. The van der Waals surface area contributed by atoms with Crippen LogP contribution >= 0.6 is 0 Å². The van der Waals surface area contributed by atoms with Gasteiger partial charge < -0.3 is 24.4 Å². The van der Waals surface area contributed by atoms with Crippen molar-refractivity contribution >= 4 is 23.2 Å². The molecule has 1 atom stereocenters. The third-order valence-electron chi connectivity index (χ3n) is 4.46. The second-order valence-electron chi connectivity index (χ2n) is 6.54. The number of hydrogen-bond acceptors (Lipinski definition) is 5. The van der Waals surface area contributed by atoms with E-state index in [1.54, 1.807) is 30.0 Å². The van der Waals surface area contributed by atoms with Crippen LogP contribution in [0.15, 0.2) is 42.5 Å². The standard InChI is InChI=1S/C22H26N2O5/c1-4-27-19-11-10-16(14-20(19)28-5-2)23-21(25)12-13-24-17-8-6-7-9-18(17)29-15(3)22(24)26/h6-11,14-15H,4-5,12-13H2,1-3H3,(H,23,25). The van der Waals surface area contributed by atoms with Crippen LogP contribution in [0.1, 0.15) is 27.2 Å². The fourth-order valence-electron chi connectivity index (χ4n) is 3.16. The van der Waals surface area contributed by atoms with Crippen LogP contribution in [0.2, 0.25) is 0 Å². The zero-order valence-corrected chi connectivity index (χ0v) is 16.9. The zero-order valence-electron chi connectivity index (χ0n) is 16.9. The van der Waals surface area contributed by atoms with Crippen molar-refractivity contribution in [2.75, 3.05) is 30.0 Å². The summed E-state index contributed by atoms with van der Waals surface area (Å²) in [5, 5.41) is 2.86. The number of anilines is 2. The van der Waals surface area contributed by atoms with Gasteiger partial charge in [-0.3, -0.25) is 9.59 Å². The average Bonchev–Trinajstić information content (AvgIpc) is 2.70. The zero-order chi connectivity index (χ0) is 20.8. The van der Waals surface area contributed by atoms with Crippen molar-refractivity contribution in [2.24, 2.45) is 0 Å². The third kappa shape index (κ3) is 4.80. The van der Waals surface area contributed by atoms with Crippen molar-refractivity contribution in [2.45, 2.75) is 33.3 Å². The maximum atomic E-state index is 12.5. The van der Waals surface area contributed by atoms with Gasteiger partial charge in [-0.05, 0) is 45.0 Å². The first kappa shape index (κ1) is 20.5. The van der Waals surface area contributed by atoms with E-state index in [1.165, 1.54) is 0 Å². The molecule has 2 aromatic carbocycles. The van der Waals surface area contributed by atoms with E-state index in [0.29, 0.717) is 41.8 Å². The maximum absolute atomic E-state index is 12.5. The Hall–Kier alpha value is -3.22. The maximum Gasteiger partial charge on any atom is 0.267 e. The number of fused-ring (bicyclic) bond motifs is 1. The molecule has 1 heterocycles. The highest BCUT2D eigenvalue weighted by Crippen LogP contribution is 2.34. The Balaban J connectivity index is 1.66. The highest BCUT2D eigenvalue weighted by atomic mass is 16.5.